The van der Waals surface area contributed by atoms with Crippen molar-refractivity contribution in [1.29, 1.82) is 0 Å². The van der Waals surface area contributed by atoms with Crippen LogP contribution in [0.2, 0.25) is 0 Å². The van der Waals surface area contributed by atoms with Crippen molar-refractivity contribution >= 4 is 0 Å². The number of rotatable bonds is 4. The van der Waals surface area contributed by atoms with E-state index < -0.39 is 0 Å². The Morgan fingerprint density at radius 2 is 1.81 bits per heavy atom. The summed E-state index contributed by atoms with van der Waals surface area (Å²) in [6, 6.07) is 1.83. The number of hydrogen-bond donors (Lipinski definition) is 0. The molecule has 2 aromatic heterocycles. The Morgan fingerprint density at radius 3 is 2.67 bits per heavy atom. The molecule has 6 heteroatoms. The third-order valence-electron chi connectivity index (χ3n) is 6.73. The van der Waals surface area contributed by atoms with Crippen molar-refractivity contribution in [3.05, 3.63) is 44.6 Å². The summed E-state index contributed by atoms with van der Waals surface area (Å²) in [5.74, 6) is 0.558. The number of likely N-dealkylation sites (tertiary alicyclic amines) is 1. The van der Waals surface area contributed by atoms with Crippen LogP contribution in [0.15, 0.2) is 10.9 Å². The first-order valence-corrected chi connectivity index (χ1v) is 10.5. The molecule has 1 fully saturated rings. The van der Waals surface area contributed by atoms with E-state index in [0.29, 0.717) is 5.92 Å². The lowest BCUT2D eigenvalue weighted by Gasteiger charge is -2.32. The highest BCUT2D eigenvalue weighted by Gasteiger charge is 2.25. The molecule has 0 spiro atoms. The van der Waals surface area contributed by atoms with Gasteiger partial charge >= 0.3 is 0 Å². The van der Waals surface area contributed by atoms with Gasteiger partial charge in [-0.15, -0.1) is 0 Å². The molecule has 5 rings (SSSR count). The van der Waals surface area contributed by atoms with E-state index in [1.165, 1.54) is 35.4 Å². The van der Waals surface area contributed by atoms with Gasteiger partial charge < -0.3 is 0 Å². The van der Waals surface area contributed by atoms with E-state index in [4.69, 9.17) is 5.10 Å². The van der Waals surface area contributed by atoms with Crippen molar-refractivity contribution in [2.24, 2.45) is 13.0 Å². The maximum atomic E-state index is 12.4. The van der Waals surface area contributed by atoms with Crippen LogP contribution in [0.3, 0.4) is 0 Å². The van der Waals surface area contributed by atoms with Crippen LogP contribution in [0.1, 0.15) is 53.9 Å². The predicted octanol–water partition coefficient (Wildman–Crippen LogP) is 1.87. The molecule has 144 valence electrons. The van der Waals surface area contributed by atoms with Crippen molar-refractivity contribution in [1.82, 2.24) is 24.5 Å². The van der Waals surface area contributed by atoms with E-state index in [2.05, 4.69) is 21.7 Å². The minimum absolute atomic E-state index is 0.0866. The molecule has 0 atom stereocenters. The molecule has 3 aliphatic rings. The van der Waals surface area contributed by atoms with Gasteiger partial charge in [-0.05, 0) is 81.5 Å². The zero-order valence-electron chi connectivity index (χ0n) is 16.3. The summed E-state index contributed by atoms with van der Waals surface area (Å²) in [6.07, 6.45) is 9.09. The SMILES string of the molecule is Cn1nc2c(c1CN1CCC(Cn3nc4c(cc3=O)CCC4)CC1)CCC2. The molecule has 3 heterocycles. The molecule has 6 nitrogen and oxygen atoms in total. The molecular weight excluding hydrogens is 338 g/mol. The summed E-state index contributed by atoms with van der Waals surface area (Å²) in [5, 5.41) is 9.37. The van der Waals surface area contributed by atoms with Gasteiger partial charge in [-0.1, -0.05) is 0 Å². The van der Waals surface area contributed by atoms with Gasteiger partial charge in [0.2, 0.25) is 0 Å². The van der Waals surface area contributed by atoms with E-state index in [-0.39, 0.29) is 5.56 Å². The van der Waals surface area contributed by atoms with Gasteiger partial charge in [-0.25, -0.2) is 4.68 Å². The highest BCUT2D eigenvalue weighted by atomic mass is 16.1. The number of fused-ring (bicyclic) bond motifs is 2. The summed E-state index contributed by atoms with van der Waals surface area (Å²) >= 11 is 0. The van der Waals surface area contributed by atoms with E-state index in [1.54, 1.807) is 4.68 Å². The minimum Gasteiger partial charge on any atom is -0.297 e. The first-order chi connectivity index (χ1) is 13.2. The lowest BCUT2D eigenvalue weighted by molar-refractivity contribution is 0.160. The average Bonchev–Trinajstić information content (AvgIpc) is 3.35. The summed E-state index contributed by atoms with van der Waals surface area (Å²) < 4.78 is 3.84. The highest BCUT2D eigenvalue weighted by molar-refractivity contribution is 5.30. The molecule has 2 aromatic rings. The summed E-state index contributed by atoms with van der Waals surface area (Å²) in [7, 11) is 2.09. The second-order valence-corrected chi connectivity index (χ2v) is 8.56. The normalized spacial score (nSPS) is 20.2. The molecule has 0 aromatic carbocycles. The predicted molar refractivity (Wildman–Crippen MR) is 104 cm³/mol. The summed E-state index contributed by atoms with van der Waals surface area (Å²) in [6.45, 7) is 4.00. The van der Waals surface area contributed by atoms with Crippen LogP contribution in [-0.4, -0.2) is 37.6 Å². The number of piperidine rings is 1. The molecule has 0 unspecified atom stereocenters. The van der Waals surface area contributed by atoms with E-state index >= 15 is 0 Å². The van der Waals surface area contributed by atoms with Gasteiger partial charge in [-0.2, -0.15) is 10.2 Å². The zero-order valence-corrected chi connectivity index (χ0v) is 16.3. The Bertz CT molecular complexity index is 904. The Hall–Kier alpha value is -1.95. The fourth-order valence-corrected chi connectivity index (χ4v) is 5.14. The average molecular weight is 367 g/mol. The number of nitrogens with zero attached hydrogens (tertiary/aromatic N) is 5. The Kier molecular flexibility index (Phi) is 4.38. The lowest BCUT2D eigenvalue weighted by atomic mass is 9.96. The van der Waals surface area contributed by atoms with Crippen LogP contribution < -0.4 is 5.56 Å². The largest absolute Gasteiger partial charge is 0.297 e. The quantitative estimate of drug-likeness (QED) is 0.828. The molecule has 0 saturated carbocycles. The van der Waals surface area contributed by atoms with Crippen molar-refractivity contribution in [2.75, 3.05) is 13.1 Å². The molecule has 27 heavy (non-hydrogen) atoms. The van der Waals surface area contributed by atoms with Gasteiger partial charge in [0, 0.05) is 26.2 Å². The topological polar surface area (TPSA) is 56.0 Å². The van der Waals surface area contributed by atoms with E-state index in [9.17, 15) is 4.79 Å². The smallest absolute Gasteiger partial charge is 0.267 e. The van der Waals surface area contributed by atoms with Crippen LogP contribution in [0.4, 0.5) is 0 Å². The van der Waals surface area contributed by atoms with Crippen LogP contribution >= 0.6 is 0 Å². The lowest BCUT2D eigenvalue weighted by Crippen LogP contribution is -2.37. The maximum absolute atomic E-state index is 12.4. The van der Waals surface area contributed by atoms with E-state index in [1.807, 2.05) is 6.07 Å². The van der Waals surface area contributed by atoms with Gasteiger partial charge in [0.25, 0.3) is 5.56 Å². The van der Waals surface area contributed by atoms with Gasteiger partial charge in [0.1, 0.15) is 0 Å². The fourth-order valence-electron chi connectivity index (χ4n) is 5.14. The molecule has 2 aliphatic carbocycles. The molecular formula is C21H29N5O. The summed E-state index contributed by atoms with van der Waals surface area (Å²) in [5.41, 5.74) is 6.66. The van der Waals surface area contributed by atoms with Crippen molar-refractivity contribution in [3.63, 3.8) is 0 Å². The van der Waals surface area contributed by atoms with Crippen LogP contribution in [0.25, 0.3) is 0 Å². The molecule has 0 bridgehead atoms. The molecule has 1 aliphatic heterocycles. The highest BCUT2D eigenvalue weighted by Crippen LogP contribution is 2.27. The van der Waals surface area contributed by atoms with Crippen molar-refractivity contribution < 1.29 is 0 Å². The summed E-state index contributed by atoms with van der Waals surface area (Å²) in [4.78, 5) is 14.9. The number of hydrogen-bond acceptors (Lipinski definition) is 4. The van der Waals surface area contributed by atoms with Crippen molar-refractivity contribution in [3.8, 4) is 0 Å². The standard InChI is InChI=1S/C21H29N5O/c1-24-20(17-5-3-7-19(17)22-24)14-25-10-8-15(9-11-25)13-26-21(27)12-16-4-2-6-18(16)23-26/h12,15H,2-11,13-14H2,1H3. The van der Waals surface area contributed by atoms with Crippen LogP contribution in [-0.2, 0) is 45.8 Å². The first-order valence-electron chi connectivity index (χ1n) is 10.5. The third-order valence-corrected chi connectivity index (χ3v) is 6.73. The third kappa shape index (κ3) is 3.24. The molecule has 1 saturated heterocycles. The zero-order chi connectivity index (χ0) is 18.4. The van der Waals surface area contributed by atoms with Crippen molar-refractivity contribution in [2.45, 2.75) is 64.5 Å². The first kappa shape index (κ1) is 17.2. The monoisotopic (exact) mass is 367 g/mol. The van der Waals surface area contributed by atoms with Crippen LogP contribution in [0, 0.1) is 5.92 Å². The number of aromatic nitrogens is 4. The Morgan fingerprint density at radius 1 is 1.04 bits per heavy atom. The molecule has 0 radical (unpaired) electrons. The van der Waals surface area contributed by atoms with Gasteiger partial charge in [0.05, 0.1) is 17.1 Å². The minimum atomic E-state index is 0.0866. The number of aryl methyl sites for hydroxylation is 4. The maximum Gasteiger partial charge on any atom is 0.267 e. The fraction of sp³-hybridized carbons (Fsp3) is 0.667. The van der Waals surface area contributed by atoms with Crippen LogP contribution in [0.5, 0.6) is 0 Å². The molecule has 0 N–H and O–H groups in total. The second kappa shape index (κ2) is 6.89. The van der Waals surface area contributed by atoms with E-state index in [0.717, 1.165) is 70.4 Å². The van der Waals surface area contributed by atoms with Gasteiger partial charge in [-0.3, -0.25) is 14.4 Å². The second-order valence-electron chi connectivity index (χ2n) is 8.56. The Balaban J connectivity index is 1.21. The Labute approximate surface area is 160 Å². The molecule has 0 amide bonds. The van der Waals surface area contributed by atoms with Gasteiger partial charge in [0.15, 0.2) is 0 Å².